The van der Waals surface area contributed by atoms with Crippen LogP contribution < -0.4 is 10.1 Å². The van der Waals surface area contributed by atoms with Crippen molar-refractivity contribution >= 4 is 11.8 Å². The molecule has 0 radical (unpaired) electrons. The van der Waals surface area contributed by atoms with Crippen molar-refractivity contribution in [1.29, 1.82) is 0 Å². The normalized spacial score (nSPS) is 16.4. The van der Waals surface area contributed by atoms with Gasteiger partial charge in [-0.25, -0.2) is 0 Å². The third kappa shape index (κ3) is 2.42. The highest BCUT2D eigenvalue weighted by molar-refractivity contribution is 7.99. The number of methoxy groups -OCH3 is 1. The molecule has 0 aromatic heterocycles. The summed E-state index contributed by atoms with van der Waals surface area (Å²) in [6.07, 6.45) is 0. The highest BCUT2D eigenvalue weighted by Crippen LogP contribution is 2.25. The van der Waals surface area contributed by atoms with Crippen molar-refractivity contribution in [1.82, 2.24) is 5.32 Å². The van der Waals surface area contributed by atoms with E-state index in [4.69, 9.17) is 4.74 Å². The van der Waals surface area contributed by atoms with Gasteiger partial charge in [0.25, 0.3) is 0 Å². The summed E-state index contributed by atoms with van der Waals surface area (Å²) in [5, 5.41) is 3.28. The van der Waals surface area contributed by atoms with Gasteiger partial charge in [0.2, 0.25) is 0 Å². The lowest BCUT2D eigenvalue weighted by atomic mass is 10.1. The number of hydrogen-bond acceptors (Lipinski definition) is 3. The van der Waals surface area contributed by atoms with Crippen molar-refractivity contribution in [2.24, 2.45) is 5.92 Å². The second-order valence-electron chi connectivity index (χ2n) is 3.51. The zero-order valence-corrected chi connectivity index (χ0v) is 9.14. The molecule has 1 N–H and O–H groups in total. The largest absolute Gasteiger partial charge is 0.497 e. The molecule has 1 aliphatic rings. The van der Waals surface area contributed by atoms with E-state index in [-0.39, 0.29) is 0 Å². The van der Waals surface area contributed by atoms with Gasteiger partial charge in [0.05, 0.1) is 7.11 Å². The Morgan fingerprint density at radius 3 is 3.00 bits per heavy atom. The molecule has 0 bridgehead atoms. The molecule has 0 atom stereocenters. The Kier molecular flexibility index (Phi) is 3.32. The predicted octanol–water partition coefficient (Wildman–Crippen LogP) is 2.01. The molecule has 1 fully saturated rings. The van der Waals surface area contributed by atoms with E-state index in [1.54, 1.807) is 7.11 Å². The molecule has 2 rings (SSSR count). The molecule has 1 aromatic carbocycles. The zero-order valence-electron chi connectivity index (χ0n) is 8.32. The lowest BCUT2D eigenvalue weighted by Gasteiger charge is -2.26. The summed E-state index contributed by atoms with van der Waals surface area (Å²) < 4.78 is 5.18. The Morgan fingerprint density at radius 1 is 1.50 bits per heavy atom. The van der Waals surface area contributed by atoms with E-state index in [1.807, 2.05) is 23.9 Å². The van der Waals surface area contributed by atoms with Crippen LogP contribution in [0.4, 0.5) is 0 Å². The van der Waals surface area contributed by atoms with Crippen LogP contribution in [0.2, 0.25) is 0 Å². The average Bonchev–Trinajstić information content (AvgIpc) is 2.16. The van der Waals surface area contributed by atoms with Crippen LogP contribution in [-0.2, 0) is 0 Å². The van der Waals surface area contributed by atoms with Crippen molar-refractivity contribution in [3.8, 4) is 5.75 Å². The van der Waals surface area contributed by atoms with Crippen LogP contribution in [0.5, 0.6) is 5.75 Å². The minimum atomic E-state index is 0.853. The molecule has 0 saturated carbocycles. The molecular weight excluding hydrogens is 194 g/mol. The molecule has 1 heterocycles. The van der Waals surface area contributed by atoms with E-state index in [0.717, 1.165) is 11.7 Å². The molecule has 0 unspecified atom stereocenters. The molecule has 1 saturated heterocycles. The van der Waals surface area contributed by atoms with Gasteiger partial charge in [0.1, 0.15) is 5.75 Å². The number of benzene rings is 1. The Labute approximate surface area is 89.0 Å². The highest BCUT2D eigenvalue weighted by atomic mass is 32.2. The molecule has 0 aliphatic carbocycles. The smallest absolute Gasteiger partial charge is 0.119 e. The highest BCUT2D eigenvalue weighted by Gasteiger charge is 2.16. The fourth-order valence-electron chi connectivity index (χ4n) is 1.37. The second-order valence-corrected chi connectivity index (χ2v) is 4.61. The van der Waals surface area contributed by atoms with Gasteiger partial charge in [-0.15, -0.1) is 11.8 Å². The van der Waals surface area contributed by atoms with Crippen molar-refractivity contribution in [2.75, 3.05) is 26.0 Å². The number of nitrogens with one attached hydrogen (secondary N) is 1. The summed E-state index contributed by atoms with van der Waals surface area (Å²) >= 11 is 1.91. The Balaban J connectivity index is 1.87. The number of hydrogen-bond donors (Lipinski definition) is 1. The molecule has 0 amide bonds. The third-order valence-corrected chi connectivity index (χ3v) is 3.62. The molecule has 0 spiro atoms. The van der Waals surface area contributed by atoms with Crippen LogP contribution in [-0.4, -0.2) is 26.0 Å². The van der Waals surface area contributed by atoms with Crippen LogP contribution in [0.25, 0.3) is 0 Å². The first-order chi connectivity index (χ1) is 6.88. The van der Waals surface area contributed by atoms with Gasteiger partial charge in [-0.2, -0.15) is 0 Å². The van der Waals surface area contributed by atoms with Crippen molar-refractivity contribution < 1.29 is 4.74 Å². The minimum Gasteiger partial charge on any atom is -0.497 e. The van der Waals surface area contributed by atoms with Gasteiger partial charge >= 0.3 is 0 Å². The van der Waals surface area contributed by atoms with Crippen LogP contribution in [0, 0.1) is 5.92 Å². The third-order valence-electron chi connectivity index (χ3n) is 2.39. The number of rotatable bonds is 4. The SMILES string of the molecule is COc1cccc(SCC2CNC2)c1. The molecule has 76 valence electrons. The van der Waals surface area contributed by atoms with E-state index in [2.05, 4.69) is 17.4 Å². The van der Waals surface area contributed by atoms with Gasteiger partial charge in [-0.1, -0.05) is 6.07 Å². The second kappa shape index (κ2) is 4.71. The Hall–Kier alpha value is -0.670. The van der Waals surface area contributed by atoms with E-state index in [0.29, 0.717) is 0 Å². The fourth-order valence-corrected chi connectivity index (χ4v) is 2.41. The van der Waals surface area contributed by atoms with E-state index in [1.165, 1.54) is 23.7 Å². The maximum Gasteiger partial charge on any atom is 0.119 e. The first-order valence-corrected chi connectivity index (χ1v) is 5.84. The van der Waals surface area contributed by atoms with Crippen LogP contribution in [0.1, 0.15) is 0 Å². The maximum atomic E-state index is 5.18. The number of ether oxygens (including phenoxy) is 1. The van der Waals surface area contributed by atoms with Crippen molar-refractivity contribution in [3.05, 3.63) is 24.3 Å². The summed E-state index contributed by atoms with van der Waals surface area (Å²) in [7, 11) is 1.71. The van der Waals surface area contributed by atoms with Gasteiger partial charge in [0.15, 0.2) is 0 Å². The lowest BCUT2D eigenvalue weighted by molar-refractivity contribution is 0.385. The fraction of sp³-hybridized carbons (Fsp3) is 0.455. The molecular formula is C11H15NOS. The lowest BCUT2D eigenvalue weighted by Crippen LogP contribution is -2.43. The minimum absolute atomic E-state index is 0.853. The molecule has 1 aromatic rings. The molecule has 2 nitrogen and oxygen atoms in total. The summed E-state index contributed by atoms with van der Waals surface area (Å²) in [5.41, 5.74) is 0. The topological polar surface area (TPSA) is 21.3 Å². The summed E-state index contributed by atoms with van der Waals surface area (Å²) in [6, 6.07) is 8.26. The Bertz CT molecular complexity index is 299. The first-order valence-electron chi connectivity index (χ1n) is 4.86. The van der Waals surface area contributed by atoms with Gasteiger partial charge < -0.3 is 10.1 Å². The zero-order chi connectivity index (χ0) is 9.80. The average molecular weight is 209 g/mol. The van der Waals surface area contributed by atoms with E-state index >= 15 is 0 Å². The summed E-state index contributed by atoms with van der Waals surface area (Å²) in [4.78, 5) is 1.30. The summed E-state index contributed by atoms with van der Waals surface area (Å²) in [5.74, 6) is 3.01. The quantitative estimate of drug-likeness (QED) is 0.766. The van der Waals surface area contributed by atoms with Crippen LogP contribution in [0.15, 0.2) is 29.2 Å². The van der Waals surface area contributed by atoms with Gasteiger partial charge in [0, 0.05) is 10.6 Å². The number of thioether (sulfide) groups is 1. The Morgan fingerprint density at radius 2 is 2.36 bits per heavy atom. The van der Waals surface area contributed by atoms with E-state index in [9.17, 15) is 0 Å². The van der Waals surface area contributed by atoms with Crippen LogP contribution >= 0.6 is 11.8 Å². The van der Waals surface area contributed by atoms with Crippen molar-refractivity contribution in [2.45, 2.75) is 4.90 Å². The monoisotopic (exact) mass is 209 g/mol. The standard InChI is InChI=1S/C11H15NOS/c1-13-10-3-2-4-11(5-10)14-8-9-6-12-7-9/h2-5,9,12H,6-8H2,1H3. The summed E-state index contributed by atoms with van der Waals surface area (Å²) in [6.45, 7) is 2.36. The van der Waals surface area contributed by atoms with Gasteiger partial charge in [-0.3, -0.25) is 0 Å². The molecule has 3 heteroatoms. The van der Waals surface area contributed by atoms with Crippen LogP contribution in [0.3, 0.4) is 0 Å². The maximum absolute atomic E-state index is 5.18. The predicted molar refractivity (Wildman–Crippen MR) is 60.1 cm³/mol. The van der Waals surface area contributed by atoms with Gasteiger partial charge in [-0.05, 0) is 37.2 Å². The first kappa shape index (κ1) is 9.87. The molecule has 1 aliphatic heterocycles. The van der Waals surface area contributed by atoms with Crippen molar-refractivity contribution in [3.63, 3.8) is 0 Å². The van der Waals surface area contributed by atoms with E-state index < -0.39 is 0 Å². The molecule has 14 heavy (non-hydrogen) atoms.